The molecule has 0 saturated heterocycles. The van der Waals surface area contributed by atoms with Crippen molar-refractivity contribution in [3.05, 3.63) is 23.8 Å². The third kappa shape index (κ3) is 2.25. The Labute approximate surface area is 78.4 Å². The molecule has 3 nitrogen and oxygen atoms in total. The van der Waals surface area contributed by atoms with Crippen LogP contribution in [0.2, 0.25) is 0 Å². The van der Waals surface area contributed by atoms with Crippen molar-refractivity contribution in [1.29, 1.82) is 0 Å². The van der Waals surface area contributed by atoms with E-state index in [0.29, 0.717) is 0 Å². The Morgan fingerprint density at radius 1 is 1.46 bits per heavy atom. The van der Waals surface area contributed by atoms with Crippen LogP contribution in [0.3, 0.4) is 0 Å². The van der Waals surface area contributed by atoms with Gasteiger partial charge in [0.05, 0.1) is 0 Å². The van der Waals surface area contributed by atoms with Crippen molar-refractivity contribution < 1.29 is 0 Å². The van der Waals surface area contributed by atoms with Gasteiger partial charge in [-0.25, -0.2) is 9.97 Å². The summed E-state index contributed by atoms with van der Waals surface area (Å²) in [6, 6.07) is 2.03. The van der Waals surface area contributed by atoms with Gasteiger partial charge in [-0.2, -0.15) is 0 Å². The topological polar surface area (TPSA) is 51.8 Å². The lowest BCUT2D eigenvalue weighted by Crippen LogP contribution is -2.22. The molecule has 3 heteroatoms. The highest BCUT2D eigenvalue weighted by molar-refractivity contribution is 5.09. The highest BCUT2D eigenvalue weighted by Crippen LogP contribution is 2.36. The zero-order valence-corrected chi connectivity index (χ0v) is 7.95. The summed E-state index contributed by atoms with van der Waals surface area (Å²) < 4.78 is 0. The Balaban J connectivity index is 1.94. The van der Waals surface area contributed by atoms with Crippen LogP contribution in [-0.2, 0) is 6.42 Å². The van der Waals surface area contributed by atoms with Gasteiger partial charge in [-0.05, 0) is 38.7 Å². The quantitative estimate of drug-likeness (QED) is 0.755. The van der Waals surface area contributed by atoms with Gasteiger partial charge in [0.15, 0.2) is 0 Å². The molecule has 2 N–H and O–H groups in total. The maximum Gasteiger partial charge on any atom is 0.115 e. The first-order valence-electron chi connectivity index (χ1n) is 4.74. The molecule has 0 radical (unpaired) electrons. The summed E-state index contributed by atoms with van der Waals surface area (Å²) in [6.45, 7) is 1.99. The predicted octanol–water partition coefficient (Wildman–Crippen LogP) is 1.21. The van der Waals surface area contributed by atoms with Crippen LogP contribution in [0.5, 0.6) is 0 Å². The van der Waals surface area contributed by atoms with Crippen LogP contribution in [-0.4, -0.2) is 15.5 Å². The normalized spacial score (nSPS) is 18.6. The molecule has 0 atom stereocenters. The molecule has 0 aromatic carbocycles. The molecule has 0 spiro atoms. The molecular weight excluding hydrogens is 162 g/mol. The lowest BCUT2D eigenvalue weighted by molar-refractivity contribution is 0.602. The molecule has 2 rings (SSSR count). The zero-order chi connectivity index (χ0) is 9.31. The molecule has 70 valence electrons. The first kappa shape index (κ1) is 8.63. The third-order valence-electron chi connectivity index (χ3n) is 2.63. The van der Waals surface area contributed by atoms with Gasteiger partial charge in [0.25, 0.3) is 0 Å². The van der Waals surface area contributed by atoms with Crippen LogP contribution in [0.4, 0.5) is 0 Å². The second-order valence-corrected chi connectivity index (χ2v) is 4.01. The van der Waals surface area contributed by atoms with Crippen LogP contribution >= 0.6 is 0 Å². The van der Waals surface area contributed by atoms with E-state index < -0.39 is 0 Å². The minimum absolute atomic E-state index is 0.138. The fourth-order valence-electron chi connectivity index (χ4n) is 1.43. The third-order valence-corrected chi connectivity index (χ3v) is 2.63. The van der Waals surface area contributed by atoms with E-state index in [2.05, 4.69) is 9.97 Å². The number of aromatic nitrogens is 2. The van der Waals surface area contributed by atoms with Crippen molar-refractivity contribution in [3.63, 3.8) is 0 Å². The highest BCUT2D eigenvalue weighted by atomic mass is 14.8. The summed E-state index contributed by atoms with van der Waals surface area (Å²) in [6.07, 6.45) is 6.03. The van der Waals surface area contributed by atoms with E-state index >= 15 is 0 Å². The summed E-state index contributed by atoms with van der Waals surface area (Å²) in [5.41, 5.74) is 8.28. The molecule has 1 aliphatic carbocycles. The number of nitrogens with two attached hydrogens (primary N) is 1. The zero-order valence-electron chi connectivity index (χ0n) is 7.95. The van der Waals surface area contributed by atoms with Gasteiger partial charge in [0.2, 0.25) is 0 Å². The van der Waals surface area contributed by atoms with Gasteiger partial charge in [-0.1, -0.05) is 0 Å². The van der Waals surface area contributed by atoms with Gasteiger partial charge in [0.1, 0.15) is 6.33 Å². The minimum atomic E-state index is 0.138. The standard InChI is InChI=1S/C10H15N3/c1-8-6-9(13-7-12-8)2-3-10(11)4-5-10/h6-7H,2-5,11H2,1H3. The average molecular weight is 177 g/mol. The van der Waals surface area contributed by atoms with Crippen LogP contribution in [0.15, 0.2) is 12.4 Å². The van der Waals surface area contributed by atoms with E-state index in [1.807, 2.05) is 13.0 Å². The maximum atomic E-state index is 5.99. The second kappa shape index (κ2) is 3.07. The smallest absolute Gasteiger partial charge is 0.115 e. The van der Waals surface area contributed by atoms with Gasteiger partial charge >= 0.3 is 0 Å². The molecule has 1 aromatic rings. The largest absolute Gasteiger partial charge is 0.325 e. The lowest BCUT2D eigenvalue weighted by atomic mass is 10.1. The van der Waals surface area contributed by atoms with Crippen molar-refractivity contribution in [2.24, 2.45) is 5.73 Å². The Morgan fingerprint density at radius 3 is 2.85 bits per heavy atom. The maximum absolute atomic E-state index is 5.99. The number of rotatable bonds is 3. The predicted molar refractivity (Wildman–Crippen MR) is 51.2 cm³/mol. The Hall–Kier alpha value is -0.960. The first-order valence-corrected chi connectivity index (χ1v) is 4.74. The van der Waals surface area contributed by atoms with Crippen LogP contribution in [0, 0.1) is 6.92 Å². The molecular formula is C10H15N3. The van der Waals surface area contributed by atoms with Gasteiger partial charge in [0, 0.05) is 16.9 Å². The highest BCUT2D eigenvalue weighted by Gasteiger charge is 2.37. The van der Waals surface area contributed by atoms with Crippen molar-refractivity contribution in [2.75, 3.05) is 0 Å². The van der Waals surface area contributed by atoms with Crippen LogP contribution < -0.4 is 5.73 Å². The van der Waals surface area contributed by atoms with Crippen molar-refractivity contribution in [3.8, 4) is 0 Å². The van der Waals surface area contributed by atoms with E-state index in [9.17, 15) is 0 Å². The monoisotopic (exact) mass is 177 g/mol. The molecule has 1 aliphatic rings. The van der Waals surface area contributed by atoms with E-state index in [1.165, 1.54) is 12.8 Å². The van der Waals surface area contributed by atoms with Gasteiger partial charge < -0.3 is 5.73 Å². The fraction of sp³-hybridized carbons (Fsp3) is 0.600. The summed E-state index contributed by atoms with van der Waals surface area (Å²) in [7, 11) is 0. The van der Waals surface area contributed by atoms with E-state index in [0.717, 1.165) is 24.2 Å². The molecule has 0 unspecified atom stereocenters. The van der Waals surface area contributed by atoms with Crippen molar-refractivity contribution in [1.82, 2.24) is 9.97 Å². The van der Waals surface area contributed by atoms with Gasteiger partial charge in [-0.15, -0.1) is 0 Å². The molecule has 0 amide bonds. The molecule has 1 saturated carbocycles. The molecule has 0 aliphatic heterocycles. The van der Waals surface area contributed by atoms with Crippen LogP contribution in [0.25, 0.3) is 0 Å². The summed E-state index contributed by atoms with van der Waals surface area (Å²) >= 11 is 0. The van der Waals surface area contributed by atoms with Crippen LogP contribution in [0.1, 0.15) is 30.7 Å². The van der Waals surface area contributed by atoms with Crippen molar-refractivity contribution in [2.45, 2.75) is 38.1 Å². The number of aryl methyl sites for hydroxylation is 2. The Bertz CT molecular complexity index is 305. The molecule has 1 aromatic heterocycles. The average Bonchev–Trinajstić information content (AvgIpc) is 2.82. The first-order chi connectivity index (χ1) is 6.18. The molecule has 13 heavy (non-hydrogen) atoms. The van der Waals surface area contributed by atoms with E-state index in [-0.39, 0.29) is 5.54 Å². The van der Waals surface area contributed by atoms with E-state index in [1.54, 1.807) is 6.33 Å². The Kier molecular flexibility index (Phi) is 2.04. The summed E-state index contributed by atoms with van der Waals surface area (Å²) in [4.78, 5) is 8.26. The van der Waals surface area contributed by atoms with Crippen molar-refractivity contribution >= 4 is 0 Å². The van der Waals surface area contributed by atoms with Gasteiger partial charge in [-0.3, -0.25) is 0 Å². The molecule has 1 fully saturated rings. The number of nitrogens with zero attached hydrogens (tertiary/aromatic N) is 2. The minimum Gasteiger partial charge on any atom is -0.325 e. The number of hydrogen-bond acceptors (Lipinski definition) is 3. The summed E-state index contributed by atoms with van der Waals surface area (Å²) in [5, 5.41) is 0. The fourth-order valence-corrected chi connectivity index (χ4v) is 1.43. The molecule has 1 heterocycles. The Morgan fingerprint density at radius 2 is 2.23 bits per heavy atom. The SMILES string of the molecule is Cc1cc(CCC2(N)CC2)ncn1. The molecule has 0 bridgehead atoms. The lowest BCUT2D eigenvalue weighted by Gasteiger charge is -2.07. The second-order valence-electron chi connectivity index (χ2n) is 4.01. The van der Waals surface area contributed by atoms with E-state index in [4.69, 9.17) is 5.73 Å². The number of hydrogen-bond donors (Lipinski definition) is 1. The summed E-state index contributed by atoms with van der Waals surface area (Å²) in [5.74, 6) is 0.